The first-order valence-corrected chi connectivity index (χ1v) is 7.99. The van der Waals surface area contributed by atoms with Gasteiger partial charge in [0.15, 0.2) is 0 Å². The largest absolute Gasteiger partial charge is 0.497 e. The van der Waals surface area contributed by atoms with Gasteiger partial charge in [0.05, 0.1) is 19.2 Å². The van der Waals surface area contributed by atoms with Crippen molar-refractivity contribution in [2.24, 2.45) is 0 Å². The summed E-state index contributed by atoms with van der Waals surface area (Å²) >= 11 is 5.78. The number of fused-ring (bicyclic) bond motifs is 1. The number of hydrogen-bond donors (Lipinski definition) is 0. The van der Waals surface area contributed by atoms with Crippen LogP contribution in [0.4, 0.5) is 0 Å². The Hall–Kier alpha value is -1.08. The summed E-state index contributed by atoms with van der Waals surface area (Å²) < 4.78 is 9.31. The molecule has 3 nitrogen and oxygen atoms in total. The van der Waals surface area contributed by atoms with Gasteiger partial charge in [0, 0.05) is 9.86 Å². The SMILES string of the molecule is COc1ccc(Cn2nc(I)c3cc(Br)ccc32)cc1. The van der Waals surface area contributed by atoms with Crippen LogP contribution in [0.5, 0.6) is 5.75 Å². The van der Waals surface area contributed by atoms with E-state index >= 15 is 0 Å². The van der Waals surface area contributed by atoms with Crippen molar-refractivity contribution < 1.29 is 4.74 Å². The number of ether oxygens (including phenoxy) is 1. The first kappa shape index (κ1) is 13.9. The first-order valence-electron chi connectivity index (χ1n) is 6.12. The minimum Gasteiger partial charge on any atom is -0.497 e. The molecule has 0 atom stereocenters. The van der Waals surface area contributed by atoms with Crippen molar-refractivity contribution in [2.75, 3.05) is 7.11 Å². The summed E-state index contributed by atoms with van der Waals surface area (Å²) in [5, 5.41) is 5.79. The summed E-state index contributed by atoms with van der Waals surface area (Å²) in [6.07, 6.45) is 0. The van der Waals surface area contributed by atoms with Crippen molar-refractivity contribution in [1.82, 2.24) is 9.78 Å². The number of nitrogens with zero attached hydrogens (tertiary/aromatic N) is 2. The van der Waals surface area contributed by atoms with E-state index in [9.17, 15) is 0 Å². The molecule has 1 heterocycles. The maximum absolute atomic E-state index is 5.18. The van der Waals surface area contributed by atoms with Gasteiger partial charge in [-0.05, 0) is 58.5 Å². The lowest BCUT2D eigenvalue weighted by Crippen LogP contribution is -2.01. The fourth-order valence-electron chi connectivity index (χ4n) is 2.14. The monoisotopic (exact) mass is 442 g/mol. The average Bonchev–Trinajstić information content (AvgIpc) is 2.76. The Labute approximate surface area is 139 Å². The molecule has 1 aromatic heterocycles. The molecule has 2 aromatic carbocycles. The fraction of sp³-hybridized carbons (Fsp3) is 0.133. The molecule has 0 fully saturated rings. The second-order valence-corrected chi connectivity index (χ2v) is 6.40. The van der Waals surface area contributed by atoms with E-state index < -0.39 is 0 Å². The zero-order chi connectivity index (χ0) is 14.1. The van der Waals surface area contributed by atoms with E-state index in [-0.39, 0.29) is 0 Å². The summed E-state index contributed by atoms with van der Waals surface area (Å²) in [7, 11) is 1.68. The van der Waals surface area contributed by atoms with E-state index in [1.54, 1.807) is 7.11 Å². The van der Waals surface area contributed by atoms with Crippen LogP contribution in [0.3, 0.4) is 0 Å². The van der Waals surface area contributed by atoms with Gasteiger partial charge in [-0.1, -0.05) is 28.1 Å². The van der Waals surface area contributed by atoms with Gasteiger partial charge in [-0.15, -0.1) is 0 Å². The quantitative estimate of drug-likeness (QED) is 0.560. The smallest absolute Gasteiger partial charge is 0.131 e. The zero-order valence-electron chi connectivity index (χ0n) is 10.8. The minimum atomic E-state index is 0.755. The van der Waals surface area contributed by atoms with Crippen LogP contribution in [0.1, 0.15) is 5.56 Å². The Bertz CT molecular complexity index is 752. The Morgan fingerprint density at radius 3 is 2.65 bits per heavy atom. The van der Waals surface area contributed by atoms with Crippen LogP contribution in [0.15, 0.2) is 46.9 Å². The van der Waals surface area contributed by atoms with Crippen LogP contribution in [0.25, 0.3) is 10.9 Å². The third kappa shape index (κ3) is 2.69. The number of aromatic nitrogens is 2. The number of rotatable bonds is 3. The number of benzene rings is 2. The van der Waals surface area contributed by atoms with Crippen molar-refractivity contribution in [1.29, 1.82) is 0 Å². The summed E-state index contributed by atoms with van der Waals surface area (Å²) in [5.41, 5.74) is 2.35. The van der Waals surface area contributed by atoms with Gasteiger partial charge in [0.2, 0.25) is 0 Å². The molecule has 0 spiro atoms. The van der Waals surface area contributed by atoms with Gasteiger partial charge in [0.25, 0.3) is 0 Å². The Balaban J connectivity index is 1.97. The fourth-order valence-corrected chi connectivity index (χ4v) is 3.19. The molecule has 20 heavy (non-hydrogen) atoms. The van der Waals surface area contributed by atoms with Crippen molar-refractivity contribution in [3.05, 3.63) is 56.2 Å². The molecule has 0 saturated carbocycles. The molecule has 102 valence electrons. The van der Waals surface area contributed by atoms with Crippen LogP contribution in [-0.4, -0.2) is 16.9 Å². The van der Waals surface area contributed by atoms with Gasteiger partial charge in [0.1, 0.15) is 9.45 Å². The first-order chi connectivity index (χ1) is 9.67. The van der Waals surface area contributed by atoms with E-state index in [2.05, 4.69) is 67.9 Å². The third-order valence-corrected chi connectivity index (χ3v) is 4.45. The van der Waals surface area contributed by atoms with Crippen molar-refractivity contribution in [3.8, 4) is 5.75 Å². The lowest BCUT2D eigenvalue weighted by molar-refractivity contribution is 0.414. The molecule has 0 aliphatic rings. The summed E-state index contributed by atoms with van der Waals surface area (Å²) in [6.45, 7) is 0.755. The lowest BCUT2D eigenvalue weighted by Gasteiger charge is -2.05. The number of hydrogen-bond acceptors (Lipinski definition) is 2. The highest BCUT2D eigenvalue weighted by molar-refractivity contribution is 14.1. The number of halogens is 2. The molecule has 5 heteroatoms. The Kier molecular flexibility index (Phi) is 3.98. The van der Waals surface area contributed by atoms with Gasteiger partial charge < -0.3 is 4.74 Å². The lowest BCUT2D eigenvalue weighted by atomic mass is 10.2. The van der Waals surface area contributed by atoms with E-state index in [0.29, 0.717) is 0 Å². The van der Waals surface area contributed by atoms with Gasteiger partial charge in [-0.25, -0.2) is 0 Å². The minimum absolute atomic E-state index is 0.755. The molecular weight excluding hydrogens is 431 g/mol. The van der Waals surface area contributed by atoms with Crippen LogP contribution in [0, 0.1) is 3.70 Å². The summed E-state index contributed by atoms with van der Waals surface area (Å²) in [4.78, 5) is 0. The molecule has 0 N–H and O–H groups in total. The second-order valence-electron chi connectivity index (χ2n) is 4.46. The van der Waals surface area contributed by atoms with Crippen LogP contribution in [0.2, 0.25) is 0 Å². The molecule has 3 rings (SSSR count). The van der Waals surface area contributed by atoms with Crippen LogP contribution >= 0.6 is 38.5 Å². The van der Waals surface area contributed by atoms with E-state index in [4.69, 9.17) is 4.74 Å². The molecule has 0 unspecified atom stereocenters. The Morgan fingerprint density at radius 2 is 1.95 bits per heavy atom. The maximum atomic E-state index is 5.18. The van der Waals surface area contributed by atoms with Gasteiger partial charge in [-0.3, -0.25) is 4.68 Å². The van der Waals surface area contributed by atoms with Gasteiger partial charge in [-0.2, -0.15) is 5.10 Å². The normalized spacial score (nSPS) is 10.9. The predicted molar refractivity (Wildman–Crippen MR) is 92.2 cm³/mol. The maximum Gasteiger partial charge on any atom is 0.131 e. The molecule has 0 aliphatic carbocycles. The zero-order valence-corrected chi connectivity index (χ0v) is 14.6. The molecule has 0 amide bonds. The molecule has 0 radical (unpaired) electrons. The highest BCUT2D eigenvalue weighted by Gasteiger charge is 2.09. The van der Waals surface area contributed by atoms with Crippen molar-refractivity contribution in [3.63, 3.8) is 0 Å². The molecule has 0 bridgehead atoms. The highest BCUT2D eigenvalue weighted by atomic mass is 127. The van der Waals surface area contributed by atoms with E-state index in [1.807, 2.05) is 22.9 Å². The molecule has 0 aliphatic heterocycles. The van der Waals surface area contributed by atoms with Crippen LogP contribution in [-0.2, 0) is 6.54 Å². The second kappa shape index (κ2) is 5.73. The van der Waals surface area contributed by atoms with Crippen molar-refractivity contribution >= 4 is 49.4 Å². The van der Waals surface area contributed by atoms with Crippen molar-refractivity contribution in [2.45, 2.75) is 6.54 Å². The summed E-state index contributed by atoms with van der Waals surface area (Å²) in [6, 6.07) is 14.3. The molecule has 3 aromatic rings. The topological polar surface area (TPSA) is 27.1 Å². The predicted octanol–water partition coefficient (Wildman–Crippen LogP) is 4.46. The average molecular weight is 443 g/mol. The highest BCUT2D eigenvalue weighted by Crippen LogP contribution is 2.25. The van der Waals surface area contributed by atoms with E-state index in [0.717, 1.165) is 26.0 Å². The Morgan fingerprint density at radius 1 is 1.20 bits per heavy atom. The van der Waals surface area contributed by atoms with E-state index in [1.165, 1.54) is 10.9 Å². The third-order valence-electron chi connectivity index (χ3n) is 3.16. The number of methoxy groups -OCH3 is 1. The molecular formula is C15H12BrIN2O. The molecule has 0 saturated heterocycles. The van der Waals surface area contributed by atoms with Gasteiger partial charge >= 0.3 is 0 Å². The standard InChI is InChI=1S/C15H12BrIN2O/c1-20-12-5-2-10(3-6-12)9-19-14-7-4-11(16)8-13(14)15(17)18-19/h2-8H,9H2,1H3. The summed E-state index contributed by atoms with van der Waals surface area (Å²) in [5.74, 6) is 0.873. The van der Waals surface area contributed by atoms with Crippen LogP contribution < -0.4 is 4.74 Å².